The monoisotopic (exact) mass is 301 g/mol. The molecule has 0 saturated carbocycles. The fourth-order valence-corrected chi connectivity index (χ4v) is 2.98. The molecule has 1 atom stereocenters. The zero-order valence-corrected chi connectivity index (χ0v) is 13.4. The van der Waals surface area contributed by atoms with Crippen molar-refractivity contribution < 1.29 is 0 Å². The van der Waals surface area contributed by atoms with Gasteiger partial charge in [0.25, 0.3) is 0 Å². The molecule has 2 heteroatoms. The third kappa shape index (κ3) is 5.18. The Kier molecular flexibility index (Phi) is 6.78. The Hall–Kier alpha value is -1.31. The summed E-state index contributed by atoms with van der Waals surface area (Å²) < 4.78 is 0. The van der Waals surface area contributed by atoms with Crippen molar-refractivity contribution in [2.75, 3.05) is 13.1 Å². The second-order valence-electron chi connectivity index (χ2n) is 5.40. The molecular weight excluding hydrogens is 278 g/mol. The number of nitrogens with one attached hydrogen (secondary N) is 1. The van der Waals surface area contributed by atoms with E-state index in [1.165, 1.54) is 17.5 Å². The van der Waals surface area contributed by atoms with Crippen LogP contribution in [0, 0.1) is 0 Å². The minimum absolute atomic E-state index is 0.488. The van der Waals surface area contributed by atoms with Gasteiger partial charge in [-0.3, -0.25) is 0 Å². The maximum Gasteiger partial charge on any atom is 0.0441 e. The Labute approximate surface area is 133 Å². The van der Waals surface area contributed by atoms with Crippen LogP contribution < -0.4 is 5.32 Å². The van der Waals surface area contributed by atoms with Crippen molar-refractivity contribution in [2.24, 2.45) is 0 Å². The minimum Gasteiger partial charge on any atom is -0.316 e. The molecule has 0 spiro atoms. The van der Waals surface area contributed by atoms with E-state index in [2.05, 4.69) is 54.7 Å². The predicted octanol–water partition coefficient (Wildman–Crippen LogP) is 5.06. The van der Waals surface area contributed by atoms with Crippen LogP contribution in [0.15, 0.2) is 54.6 Å². The smallest absolute Gasteiger partial charge is 0.0441 e. The highest BCUT2D eigenvalue weighted by Crippen LogP contribution is 2.28. The summed E-state index contributed by atoms with van der Waals surface area (Å²) in [6, 6.07) is 18.9. The molecule has 21 heavy (non-hydrogen) atoms. The van der Waals surface area contributed by atoms with Gasteiger partial charge in [-0.25, -0.2) is 0 Å². The van der Waals surface area contributed by atoms with E-state index in [-0.39, 0.29) is 0 Å². The topological polar surface area (TPSA) is 12.0 Å². The zero-order valence-electron chi connectivity index (χ0n) is 12.7. The first kappa shape index (κ1) is 16.1. The van der Waals surface area contributed by atoms with E-state index in [0.717, 1.165) is 31.0 Å². The van der Waals surface area contributed by atoms with Crippen molar-refractivity contribution in [1.29, 1.82) is 0 Å². The normalized spacial score (nSPS) is 12.3. The lowest BCUT2D eigenvalue weighted by Gasteiger charge is -2.19. The molecule has 0 saturated heterocycles. The lowest BCUT2D eigenvalue weighted by atomic mass is 9.92. The Morgan fingerprint density at radius 3 is 2.43 bits per heavy atom. The number of hydrogen-bond acceptors (Lipinski definition) is 1. The van der Waals surface area contributed by atoms with Gasteiger partial charge in [-0.2, -0.15) is 0 Å². The molecule has 2 aromatic carbocycles. The predicted molar refractivity (Wildman–Crippen MR) is 92.1 cm³/mol. The highest BCUT2D eigenvalue weighted by Gasteiger charge is 2.13. The molecule has 0 bridgehead atoms. The summed E-state index contributed by atoms with van der Waals surface area (Å²) in [6.45, 7) is 4.14. The Morgan fingerprint density at radius 2 is 1.71 bits per heavy atom. The summed E-state index contributed by atoms with van der Waals surface area (Å²) in [7, 11) is 0. The number of aryl methyl sites for hydroxylation is 1. The summed E-state index contributed by atoms with van der Waals surface area (Å²) in [4.78, 5) is 0. The van der Waals surface area contributed by atoms with Gasteiger partial charge >= 0.3 is 0 Å². The molecule has 0 aliphatic heterocycles. The van der Waals surface area contributed by atoms with Crippen molar-refractivity contribution in [1.82, 2.24) is 5.32 Å². The van der Waals surface area contributed by atoms with Crippen molar-refractivity contribution >= 4 is 11.6 Å². The van der Waals surface area contributed by atoms with Crippen LogP contribution in [-0.2, 0) is 6.42 Å². The summed E-state index contributed by atoms with van der Waals surface area (Å²) in [5.74, 6) is 0.488. The van der Waals surface area contributed by atoms with Gasteiger partial charge < -0.3 is 5.32 Å². The second-order valence-corrected chi connectivity index (χ2v) is 5.81. The molecule has 0 radical (unpaired) electrons. The van der Waals surface area contributed by atoms with Crippen molar-refractivity contribution in [2.45, 2.75) is 32.1 Å². The molecule has 0 aliphatic rings. The standard InChI is InChI=1S/C19H24ClN/c1-2-21-15-17(18-13-6-7-14-19(18)20)12-8-11-16-9-4-3-5-10-16/h3-7,9-10,13-14,17,21H,2,8,11-12,15H2,1H3. The largest absolute Gasteiger partial charge is 0.316 e. The molecule has 0 heterocycles. The Bertz CT molecular complexity index is 524. The van der Waals surface area contributed by atoms with Gasteiger partial charge in [0.2, 0.25) is 0 Å². The molecule has 1 N–H and O–H groups in total. The van der Waals surface area contributed by atoms with E-state index in [4.69, 9.17) is 11.6 Å². The third-order valence-corrected chi connectivity index (χ3v) is 4.19. The van der Waals surface area contributed by atoms with Crippen LogP contribution in [0.3, 0.4) is 0 Å². The van der Waals surface area contributed by atoms with Crippen LogP contribution in [0.25, 0.3) is 0 Å². The van der Waals surface area contributed by atoms with E-state index in [0.29, 0.717) is 5.92 Å². The van der Waals surface area contributed by atoms with Crippen LogP contribution in [0.2, 0.25) is 5.02 Å². The maximum atomic E-state index is 6.37. The molecule has 0 amide bonds. The lowest BCUT2D eigenvalue weighted by Crippen LogP contribution is -2.21. The first-order chi connectivity index (χ1) is 10.3. The van der Waals surface area contributed by atoms with Gasteiger partial charge in [0.1, 0.15) is 0 Å². The first-order valence-corrected chi connectivity index (χ1v) is 8.18. The van der Waals surface area contributed by atoms with Crippen molar-refractivity contribution in [3.8, 4) is 0 Å². The number of likely N-dealkylation sites (N-methyl/N-ethyl adjacent to an activating group) is 1. The molecule has 2 rings (SSSR count). The lowest BCUT2D eigenvalue weighted by molar-refractivity contribution is 0.542. The second kappa shape index (κ2) is 8.86. The highest BCUT2D eigenvalue weighted by atomic mass is 35.5. The molecule has 0 aromatic heterocycles. The average Bonchev–Trinajstić information content (AvgIpc) is 2.52. The van der Waals surface area contributed by atoms with Crippen LogP contribution >= 0.6 is 11.6 Å². The number of rotatable bonds is 8. The summed E-state index contributed by atoms with van der Waals surface area (Å²) >= 11 is 6.37. The highest BCUT2D eigenvalue weighted by molar-refractivity contribution is 6.31. The molecule has 0 fully saturated rings. The first-order valence-electron chi connectivity index (χ1n) is 7.80. The zero-order chi connectivity index (χ0) is 14.9. The fourth-order valence-electron chi connectivity index (χ4n) is 2.69. The van der Waals surface area contributed by atoms with Gasteiger partial charge in [-0.1, -0.05) is 67.1 Å². The maximum absolute atomic E-state index is 6.37. The van der Waals surface area contributed by atoms with Crippen molar-refractivity contribution in [3.63, 3.8) is 0 Å². The summed E-state index contributed by atoms with van der Waals surface area (Å²) in [5, 5.41) is 4.35. The van der Waals surface area contributed by atoms with Crippen LogP contribution in [0.1, 0.15) is 36.8 Å². The van der Waals surface area contributed by atoms with E-state index >= 15 is 0 Å². The van der Waals surface area contributed by atoms with Crippen LogP contribution in [-0.4, -0.2) is 13.1 Å². The molecular formula is C19H24ClN. The van der Waals surface area contributed by atoms with Gasteiger partial charge in [-0.15, -0.1) is 0 Å². The van der Waals surface area contributed by atoms with Gasteiger partial charge in [0.15, 0.2) is 0 Å². The number of benzene rings is 2. The quantitative estimate of drug-likeness (QED) is 0.719. The SMILES string of the molecule is CCNCC(CCCc1ccccc1)c1ccccc1Cl. The van der Waals surface area contributed by atoms with Gasteiger partial charge in [-0.05, 0) is 48.9 Å². The van der Waals surface area contributed by atoms with Gasteiger partial charge in [0.05, 0.1) is 0 Å². The number of hydrogen-bond donors (Lipinski definition) is 1. The van der Waals surface area contributed by atoms with E-state index in [1.807, 2.05) is 12.1 Å². The Morgan fingerprint density at radius 1 is 1.00 bits per heavy atom. The average molecular weight is 302 g/mol. The van der Waals surface area contributed by atoms with Crippen LogP contribution in [0.5, 0.6) is 0 Å². The molecule has 112 valence electrons. The van der Waals surface area contributed by atoms with E-state index in [9.17, 15) is 0 Å². The molecule has 1 unspecified atom stereocenters. The number of halogens is 1. The van der Waals surface area contributed by atoms with E-state index in [1.54, 1.807) is 0 Å². The molecule has 2 aromatic rings. The summed E-state index contributed by atoms with van der Waals surface area (Å²) in [5.41, 5.74) is 2.69. The molecule has 0 aliphatic carbocycles. The Balaban J connectivity index is 1.95. The summed E-state index contributed by atoms with van der Waals surface area (Å²) in [6.07, 6.45) is 3.48. The van der Waals surface area contributed by atoms with E-state index < -0.39 is 0 Å². The fraction of sp³-hybridized carbons (Fsp3) is 0.368. The third-order valence-electron chi connectivity index (χ3n) is 3.85. The van der Waals surface area contributed by atoms with Crippen LogP contribution in [0.4, 0.5) is 0 Å². The van der Waals surface area contributed by atoms with Gasteiger partial charge in [0, 0.05) is 11.6 Å². The minimum atomic E-state index is 0.488. The van der Waals surface area contributed by atoms with Crippen molar-refractivity contribution in [3.05, 3.63) is 70.7 Å². The molecule has 1 nitrogen and oxygen atoms in total.